The van der Waals surface area contributed by atoms with E-state index in [1.807, 2.05) is 13.0 Å². The Morgan fingerprint density at radius 3 is 2.96 bits per heavy atom. The van der Waals surface area contributed by atoms with Gasteiger partial charge in [0.05, 0.1) is 23.6 Å². The highest BCUT2D eigenvalue weighted by molar-refractivity contribution is 5.95. The van der Waals surface area contributed by atoms with E-state index in [0.29, 0.717) is 24.4 Å². The molecule has 26 heavy (non-hydrogen) atoms. The first-order valence-electron chi connectivity index (χ1n) is 8.49. The maximum Gasteiger partial charge on any atom is 0.267 e. The Morgan fingerprint density at radius 2 is 2.27 bits per heavy atom. The van der Waals surface area contributed by atoms with E-state index in [2.05, 4.69) is 4.98 Å². The molecular formula is C18H19N5O3. The fraction of sp³-hybridized carbons (Fsp3) is 0.333. The van der Waals surface area contributed by atoms with Crippen molar-refractivity contribution in [3.8, 4) is 0 Å². The molecular weight excluding hydrogens is 334 g/mol. The fourth-order valence-corrected chi connectivity index (χ4v) is 3.45. The number of rotatable bonds is 3. The first-order chi connectivity index (χ1) is 12.5. The van der Waals surface area contributed by atoms with Gasteiger partial charge in [-0.05, 0) is 37.5 Å². The Morgan fingerprint density at radius 1 is 1.46 bits per heavy atom. The predicted octanol–water partition coefficient (Wildman–Crippen LogP) is 0.715. The fourth-order valence-electron chi connectivity index (χ4n) is 3.45. The van der Waals surface area contributed by atoms with E-state index in [4.69, 9.17) is 15.9 Å². The third-order valence-electron chi connectivity index (χ3n) is 4.81. The molecule has 1 amide bonds. The minimum absolute atomic E-state index is 0.00185. The van der Waals surface area contributed by atoms with Gasteiger partial charge in [-0.1, -0.05) is 6.07 Å². The second kappa shape index (κ2) is 6.06. The van der Waals surface area contributed by atoms with Gasteiger partial charge in [0.2, 0.25) is 0 Å². The van der Waals surface area contributed by atoms with Crippen LogP contribution in [0.15, 0.2) is 29.2 Å². The summed E-state index contributed by atoms with van der Waals surface area (Å²) >= 11 is 0. The van der Waals surface area contributed by atoms with Crippen LogP contribution in [-0.4, -0.2) is 32.6 Å². The number of fused-ring (bicyclic) bond motifs is 2. The van der Waals surface area contributed by atoms with E-state index in [0.717, 1.165) is 18.4 Å². The molecule has 0 aromatic carbocycles. The van der Waals surface area contributed by atoms with Crippen LogP contribution >= 0.6 is 0 Å². The lowest BCUT2D eigenvalue weighted by Crippen LogP contribution is -2.35. The number of nitrogens with one attached hydrogen (secondary N) is 1. The summed E-state index contributed by atoms with van der Waals surface area (Å²) in [4.78, 5) is 29.4. The van der Waals surface area contributed by atoms with Crippen LogP contribution in [-0.2, 0) is 11.3 Å². The SMILES string of the molecule is Cc1cccn2c(=O)c3cc(C(N)=O)c(=N)n(C[C@H]4CCCO4)c3nc12. The third-order valence-corrected chi connectivity index (χ3v) is 4.81. The highest BCUT2D eigenvalue weighted by Gasteiger charge is 2.21. The zero-order chi connectivity index (χ0) is 18.4. The number of ether oxygens (including phenoxy) is 1. The number of carbonyl (C=O) groups is 1. The highest BCUT2D eigenvalue weighted by atomic mass is 16.5. The van der Waals surface area contributed by atoms with Gasteiger partial charge in [-0.2, -0.15) is 0 Å². The summed E-state index contributed by atoms with van der Waals surface area (Å²) in [5.41, 5.74) is 6.84. The van der Waals surface area contributed by atoms with Crippen LogP contribution in [0.1, 0.15) is 28.8 Å². The normalized spacial score (nSPS) is 17.2. The van der Waals surface area contributed by atoms with Crippen molar-refractivity contribution in [2.24, 2.45) is 5.73 Å². The molecule has 0 spiro atoms. The van der Waals surface area contributed by atoms with Crippen LogP contribution in [0.4, 0.5) is 0 Å². The summed E-state index contributed by atoms with van der Waals surface area (Å²) in [5, 5.41) is 8.67. The molecule has 0 aliphatic carbocycles. The largest absolute Gasteiger partial charge is 0.376 e. The van der Waals surface area contributed by atoms with Gasteiger partial charge in [0.1, 0.15) is 16.8 Å². The lowest BCUT2D eigenvalue weighted by molar-refractivity contribution is 0.0954. The van der Waals surface area contributed by atoms with Gasteiger partial charge in [0.15, 0.2) is 0 Å². The molecule has 8 heteroatoms. The second-order valence-electron chi connectivity index (χ2n) is 6.56. The van der Waals surface area contributed by atoms with Crippen molar-refractivity contribution >= 4 is 22.6 Å². The Hall–Kier alpha value is -3.00. The molecule has 0 bridgehead atoms. The van der Waals surface area contributed by atoms with E-state index >= 15 is 0 Å². The first-order valence-corrected chi connectivity index (χ1v) is 8.49. The summed E-state index contributed by atoms with van der Waals surface area (Å²) in [7, 11) is 0. The Bertz CT molecular complexity index is 1160. The van der Waals surface area contributed by atoms with Gasteiger partial charge < -0.3 is 15.0 Å². The maximum absolute atomic E-state index is 13.0. The van der Waals surface area contributed by atoms with Gasteiger partial charge >= 0.3 is 0 Å². The first kappa shape index (κ1) is 16.5. The molecule has 1 aliphatic heterocycles. The topological polar surface area (TPSA) is 115 Å². The zero-order valence-electron chi connectivity index (χ0n) is 14.4. The molecule has 3 aromatic rings. The monoisotopic (exact) mass is 353 g/mol. The van der Waals surface area contributed by atoms with Crippen molar-refractivity contribution in [1.29, 1.82) is 5.41 Å². The molecule has 8 nitrogen and oxygen atoms in total. The number of hydrogen-bond donors (Lipinski definition) is 2. The second-order valence-corrected chi connectivity index (χ2v) is 6.56. The molecule has 3 N–H and O–H groups in total. The van der Waals surface area contributed by atoms with Gasteiger partial charge in [-0.3, -0.25) is 19.4 Å². The number of nitrogens with zero attached hydrogens (tertiary/aromatic N) is 3. The van der Waals surface area contributed by atoms with Gasteiger partial charge in [0, 0.05) is 12.8 Å². The molecule has 3 aromatic heterocycles. The predicted molar refractivity (Wildman–Crippen MR) is 95.0 cm³/mol. The lowest BCUT2D eigenvalue weighted by atomic mass is 10.1. The van der Waals surface area contributed by atoms with E-state index in [1.165, 1.54) is 10.5 Å². The van der Waals surface area contributed by atoms with E-state index in [9.17, 15) is 9.59 Å². The molecule has 134 valence electrons. The molecule has 1 atom stereocenters. The Labute approximate surface area is 148 Å². The van der Waals surface area contributed by atoms with Crippen molar-refractivity contribution in [3.63, 3.8) is 0 Å². The van der Waals surface area contributed by atoms with Gasteiger partial charge in [-0.15, -0.1) is 0 Å². The molecule has 0 radical (unpaired) electrons. The van der Waals surface area contributed by atoms with E-state index < -0.39 is 5.91 Å². The average Bonchev–Trinajstić information content (AvgIpc) is 3.11. The van der Waals surface area contributed by atoms with Crippen LogP contribution in [0.2, 0.25) is 0 Å². The number of nitrogens with two attached hydrogens (primary N) is 1. The summed E-state index contributed by atoms with van der Waals surface area (Å²) in [6.07, 6.45) is 3.37. The molecule has 1 aliphatic rings. The lowest BCUT2D eigenvalue weighted by Gasteiger charge is -2.17. The zero-order valence-corrected chi connectivity index (χ0v) is 14.4. The number of aryl methyl sites for hydroxylation is 1. The maximum atomic E-state index is 13.0. The van der Waals surface area contributed by atoms with Crippen LogP contribution in [0.5, 0.6) is 0 Å². The van der Waals surface area contributed by atoms with Crippen LogP contribution in [0.3, 0.4) is 0 Å². The van der Waals surface area contributed by atoms with Crippen molar-refractivity contribution in [3.05, 3.63) is 51.4 Å². The summed E-state index contributed by atoms with van der Waals surface area (Å²) in [5.74, 6) is -0.744. The molecule has 0 saturated carbocycles. The molecule has 1 fully saturated rings. The summed E-state index contributed by atoms with van der Waals surface area (Å²) in [6, 6.07) is 5.01. The molecule has 0 unspecified atom stereocenters. The minimum atomic E-state index is -0.744. The van der Waals surface area contributed by atoms with Crippen LogP contribution in [0, 0.1) is 12.3 Å². The van der Waals surface area contributed by atoms with Crippen molar-refractivity contribution in [2.75, 3.05) is 6.61 Å². The highest BCUT2D eigenvalue weighted by Crippen LogP contribution is 2.17. The summed E-state index contributed by atoms with van der Waals surface area (Å²) in [6.45, 7) is 2.90. The molecule has 1 saturated heterocycles. The van der Waals surface area contributed by atoms with E-state index in [-0.39, 0.29) is 28.1 Å². The average molecular weight is 353 g/mol. The third kappa shape index (κ3) is 2.50. The smallest absolute Gasteiger partial charge is 0.267 e. The molecule has 4 rings (SSSR count). The Balaban J connectivity index is 2.11. The van der Waals surface area contributed by atoms with Crippen LogP contribution < -0.4 is 16.8 Å². The number of carbonyl (C=O) groups excluding carboxylic acids is 1. The van der Waals surface area contributed by atoms with E-state index in [1.54, 1.807) is 16.8 Å². The van der Waals surface area contributed by atoms with Crippen molar-refractivity contribution in [2.45, 2.75) is 32.4 Å². The quantitative estimate of drug-likeness (QED) is 0.675. The Kier molecular flexibility index (Phi) is 3.84. The van der Waals surface area contributed by atoms with Gasteiger partial charge in [0.25, 0.3) is 11.5 Å². The number of amides is 1. The molecule has 4 heterocycles. The van der Waals surface area contributed by atoms with Crippen molar-refractivity contribution in [1.82, 2.24) is 14.0 Å². The van der Waals surface area contributed by atoms with Gasteiger partial charge in [-0.25, -0.2) is 4.98 Å². The van der Waals surface area contributed by atoms with Crippen LogP contribution in [0.25, 0.3) is 16.7 Å². The van der Waals surface area contributed by atoms with Crippen molar-refractivity contribution < 1.29 is 9.53 Å². The number of pyridine rings is 2. The standard InChI is InChI=1S/C18H19N5O3/c1-10-4-2-6-22-16(10)21-17-13(18(22)25)8-12(15(20)24)14(19)23(17)9-11-5-3-7-26-11/h2,4,6,8,11,19H,3,5,7,9H2,1H3,(H2,20,24)/t11-/m1/s1. The summed E-state index contributed by atoms with van der Waals surface area (Å²) < 4.78 is 8.69. The number of aromatic nitrogens is 3. The number of hydrogen-bond acceptors (Lipinski definition) is 5. The minimum Gasteiger partial charge on any atom is -0.376 e. The number of primary amides is 1.